The number of nitrogens with one attached hydrogen (secondary N) is 2. The highest BCUT2D eigenvalue weighted by molar-refractivity contribution is 6.03. The van der Waals surface area contributed by atoms with Crippen molar-refractivity contribution in [3.63, 3.8) is 0 Å². The molecular formula is C25H29N3O3. The van der Waals surface area contributed by atoms with E-state index in [0.717, 1.165) is 22.6 Å². The Balaban J connectivity index is 1.18. The molecule has 6 rings (SSSR count). The molecule has 4 aliphatic carbocycles. The predicted molar refractivity (Wildman–Crippen MR) is 120 cm³/mol. The summed E-state index contributed by atoms with van der Waals surface area (Å²) in [5.74, 6) is 2.40. The predicted octanol–water partition coefficient (Wildman–Crippen LogP) is 3.98. The topological polar surface area (TPSA) is 90.8 Å². The van der Waals surface area contributed by atoms with Crippen molar-refractivity contribution in [1.82, 2.24) is 10.7 Å². The fraction of sp³-hybridized carbons (Fsp3) is 0.480. The van der Waals surface area contributed by atoms with E-state index in [0.29, 0.717) is 23.6 Å². The Labute approximate surface area is 182 Å². The number of nitrogens with zero attached hydrogens (tertiary/aromatic N) is 1. The van der Waals surface area contributed by atoms with Crippen molar-refractivity contribution in [3.8, 4) is 5.75 Å². The summed E-state index contributed by atoms with van der Waals surface area (Å²) in [5, 5.41) is 19.3. The van der Waals surface area contributed by atoms with E-state index in [4.69, 9.17) is 0 Å². The first-order chi connectivity index (χ1) is 15.0. The Kier molecular flexibility index (Phi) is 5.16. The molecule has 3 N–H and O–H groups in total. The molecule has 0 atom stereocenters. The fourth-order valence-corrected chi connectivity index (χ4v) is 6.29. The van der Waals surface area contributed by atoms with E-state index in [1.54, 1.807) is 19.1 Å². The van der Waals surface area contributed by atoms with Crippen LogP contribution in [0.4, 0.5) is 0 Å². The van der Waals surface area contributed by atoms with Crippen molar-refractivity contribution in [2.45, 2.75) is 51.5 Å². The second kappa shape index (κ2) is 7.98. The van der Waals surface area contributed by atoms with Crippen LogP contribution in [-0.4, -0.2) is 28.7 Å². The third-order valence-corrected chi connectivity index (χ3v) is 7.43. The molecule has 4 bridgehead atoms. The zero-order chi connectivity index (χ0) is 21.5. The molecule has 0 saturated heterocycles. The smallest absolute Gasteiger partial charge is 0.275 e. The summed E-state index contributed by atoms with van der Waals surface area (Å²) in [6.07, 6.45) is 6.60. The van der Waals surface area contributed by atoms with E-state index < -0.39 is 5.91 Å². The Morgan fingerprint density at radius 1 is 1.00 bits per heavy atom. The van der Waals surface area contributed by atoms with Crippen LogP contribution in [0.5, 0.6) is 5.75 Å². The molecular weight excluding hydrogens is 390 g/mol. The number of hydrogen-bond acceptors (Lipinski definition) is 4. The van der Waals surface area contributed by atoms with Gasteiger partial charge in [-0.3, -0.25) is 9.59 Å². The molecule has 4 saturated carbocycles. The first-order valence-electron chi connectivity index (χ1n) is 11.3. The van der Waals surface area contributed by atoms with Gasteiger partial charge in [-0.1, -0.05) is 24.3 Å². The maximum atomic E-state index is 12.6. The molecule has 31 heavy (non-hydrogen) atoms. The number of phenolic OH excluding ortho intramolecular Hbond substituents is 1. The summed E-state index contributed by atoms with van der Waals surface area (Å²) in [6.45, 7) is 1.73. The highest BCUT2D eigenvalue weighted by atomic mass is 16.3. The number of hydrazone groups is 1. The Hall–Kier alpha value is -2.89. The number of amides is 2. The van der Waals surface area contributed by atoms with Gasteiger partial charge in [-0.2, -0.15) is 5.10 Å². The number of benzene rings is 2. The van der Waals surface area contributed by atoms with Gasteiger partial charge in [-0.15, -0.1) is 0 Å². The van der Waals surface area contributed by atoms with Crippen LogP contribution in [0, 0.1) is 23.7 Å². The quantitative estimate of drug-likeness (QED) is 0.506. The number of fused-ring (bicyclic) bond motifs is 1. The minimum absolute atomic E-state index is 0.0264. The normalized spacial score (nSPS) is 29.2. The van der Waals surface area contributed by atoms with Crippen LogP contribution in [0.2, 0.25) is 0 Å². The minimum atomic E-state index is -0.496. The molecule has 2 aromatic rings. The fourth-order valence-electron chi connectivity index (χ4n) is 6.29. The molecule has 2 aromatic carbocycles. The van der Waals surface area contributed by atoms with E-state index in [2.05, 4.69) is 15.8 Å². The molecule has 0 unspecified atom stereocenters. The van der Waals surface area contributed by atoms with Gasteiger partial charge in [0.05, 0.1) is 12.0 Å². The monoisotopic (exact) mass is 419 g/mol. The number of hydrogen-bond donors (Lipinski definition) is 3. The van der Waals surface area contributed by atoms with Gasteiger partial charge in [0.1, 0.15) is 5.75 Å². The molecule has 2 amide bonds. The molecule has 162 valence electrons. The second-order valence-corrected chi connectivity index (χ2v) is 9.71. The highest BCUT2D eigenvalue weighted by Crippen LogP contribution is 2.53. The lowest BCUT2D eigenvalue weighted by molar-refractivity contribution is -0.123. The minimum Gasteiger partial charge on any atom is -0.507 e. The molecule has 0 heterocycles. The van der Waals surface area contributed by atoms with E-state index in [1.807, 2.05) is 24.3 Å². The van der Waals surface area contributed by atoms with E-state index in [-0.39, 0.29) is 23.6 Å². The molecule has 4 fully saturated rings. The van der Waals surface area contributed by atoms with Crippen molar-refractivity contribution in [2.75, 3.05) is 0 Å². The molecule has 4 aliphatic rings. The molecule has 0 aromatic heterocycles. The molecule has 0 spiro atoms. The molecule has 6 nitrogen and oxygen atoms in total. The van der Waals surface area contributed by atoms with Gasteiger partial charge in [-0.25, -0.2) is 5.43 Å². The Morgan fingerprint density at radius 2 is 1.61 bits per heavy atom. The molecule has 0 aliphatic heterocycles. The van der Waals surface area contributed by atoms with Gasteiger partial charge in [0.2, 0.25) is 5.91 Å². The largest absolute Gasteiger partial charge is 0.507 e. The van der Waals surface area contributed by atoms with Crippen molar-refractivity contribution in [1.29, 1.82) is 0 Å². The van der Waals surface area contributed by atoms with Gasteiger partial charge in [0.25, 0.3) is 5.91 Å². The number of aromatic hydroxyl groups is 1. The maximum Gasteiger partial charge on any atom is 0.275 e. The average Bonchev–Trinajstić information content (AvgIpc) is 2.73. The Morgan fingerprint density at radius 3 is 2.26 bits per heavy atom. The van der Waals surface area contributed by atoms with Crippen LogP contribution in [0.3, 0.4) is 0 Å². The lowest BCUT2D eigenvalue weighted by Gasteiger charge is -2.54. The van der Waals surface area contributed by atoms with Crippen LogP contribution >= 0.6 is 0 Å². The Bertz CT molecular complexity index is 1030. The summed E-state index contributed by atoms with van der Waals surface area (Å²) in [4.78, 5) is 25.1. The van der Waals surface area contributed by atoms with Gasteiger partial charge in [0.15, 0.2) is 0 Å². The summed E-state index contributed by atoms with van der Waals surface area (Å²) in [7, 11) is 0. The SMILES string of the molecule is C/C(CC(=O)NC1C2CC3CC(C2)CC1C3)=N/NC(=O)c1cc2ccccc2cc1O. The summed E-state index contributed by atoms with van der Waals surface area (Å²) in [5.41, 5.74) is 3.17. The average molecular weight is 420 g/mol. The van der Waals surface area contributed by atoms with Crippen molar-refractivity contribution < 1.29 is 14.7 Å². The lowest BCUT2D eigenvalue weighted by Crippen LogP contribution is -2.56. The highest BCUT2D eigenvalue weighted by Gasteiger charge is 2.48. The van der Waals surface area contributed by atoms with Crippen LogP contribution in [0.15, 0.2) is 41.5 Å². The maximum absolute atomic E-state index is 12.6. The third kappa shape index (κ3) is 4.03. The zero-order valence-electron chi connectivity index (χ0n) is 17.8. The standard InChI is InChI=1S/C25H29N3O3/c1-14(6-23(30)26-24-19-8-15-7-16(10-19)11-20(24)9-15)27-28-25(31)21-12-17-4-2-3-5-18(17)13-22(21)29/h2-5,12-13,15-16,19-20,24,29H,6-11H2,1H3,(H,26,30)(H,28,31)/b27-14-. The first-order valence-corrected chi connectivity index (χ1v) is 11.3. The number of carbonyl (C=O) groups excluding carboxylic acids is 2. The zero-order valence-corrected chi connectivity index (χ0v) is 17.8. The van der Waals surface area contributed by atoms with Gasteiger partial charge >= 0.3 is 0 Å². The van der Waals surface area contributed by atoms with Crippen LogP contribution in [0.1, 0.15) is 55.8 Å². The third-order valence-electron chi connectivity index (χ3n) is 7.43. The number of rotatable bonds is 5. The molecule has 0 radical (unpaired) electrons. The van der Waals surface area contributed by atoms with E-state index in [9.17, 15) is 14.7 Å². The second-order valence-electron chi connectivity index (χ2n) is 9.71. The van der Waals surface area contributed by atoms with Crippen LogP contribution in [0.25, 0.3) is 10.8 Å². The van der Waals surface area contributed by atoms with Gasteiger partial charge in [0, 0.05) is 11.8 Å². The van der Waals surface area contributed by atoms with Crippen LogP contribution in [-0.2, 0) is 4.79 Å². The van der Waals surface area contributed by atoms with E-state index in [1.165, 1.54) is 32.1 Å². The first kappa shape index (κ1) is 20.0. The van der Waals surface area contributed by atoms with Gasteiger partial charge < -0.3 is 10.4 Å². The van der Waals surface area contributed by atoms with Crippen molar-refractivity contribution >= 4 is 28.3 Å². The van der Waals surface area contributed by atoms with Crippen LogP contribution < -0.4 is 10.7 Å². The summed E-state index contributed by atoms with van der Waals surface area (Å²) < 4.78 is 0. The lowest BCUT2D eigenvalue weighted by atomic mass is 9.54. The molecule has 6 heteroatoms. The van der Waals surface area contributed by atoms with Crippen molar-refractivity contribution in [3.05, 3.63) is 42.0 Å². The summed E-state index contributed by atoms with van der Waals surface area (Å²) >= 11 is 0. The number of phenols is 1. The van der Waals surface area contributed by atoms with E-state index >= 15 is 0 Å². The van der Waals surface area contributed by atoms with Gasteiger partial charge in [-0.05, 0) is 85.6 Å². The number of carbonyl (C=O) groups is 2. The summed E-state index contributed by atoms with van der Waals surface area (Å²) in [6, 6.07) is 11.0. The van der Waals surface area contributed by atoms with Crippen molar-refractivity contribution in [2.24, 2.45) is 28.8 Å².